The molecule has 2 nitrogen and oxygen atoms in total. The summed E-state index contributed by atoms with van der Waals surface area (Å²) in [6.45, 7) is 4.03. The summed E-state index contributed by atoms with van der Waals surface area (Å²) in [4.78, 5) is 10.6. The van der Waals surface area contributed by atoms with Gasteiger partial charge in [0.05, 0.1) is 0 Å². The molecule has 0 fully saturated rings. The molecule has 0 aromatic rings. The van der Waals surface area contributed by atoms with E-state index >= 15 is 0 Å². The van der Waals surface area contributed by atoms with E-state index in [-0.39, 0.29) is 0 Å². The van der Waals surface area contributed by atoms with Gasteiger partial charge in [-0.25, -0.2) is 4.79 Å². The Labute approximate surface area is 84.4 Å². The average Bonchev–Trinajstić information content (AvgIpc) is 2.10. The van der Waals surface area contributed by atoms with Crippen LogP contribution in [-0.2, 0) is 4.79 Å². The summed E-state index contributed by atoms with van der Waals surface area (Å²) in [6, 6.07) is 0. The number of rotatable bonds is 7. The summed E-state index contributed by atoms with van der Waals surface area (Å²) in [5.41, 5.74) is 0.531. The first kappa shape index (κ1) is 12.6. The Morgan fingerprint density at radius 2 is 2.15 bits per heavy atom. The van der Waals surface area contributed by atoms with Crippen LogP contribution in [0.25, 0.3) is 0 Å². The molecule has 0 amide bonds. The first-order chi connectivity index (χ1) is 6.22. The Hall–Kier alpha value is -0.440. The highest BCUT2D eigenvalue weighted by atomic mass is 32.2. The molecule has 13 heavy (non-hydrogen) atoms. The van der Waals surface area contributed by atoms with Gasteiger partial charge in [0.25, 0.3) is 0 Å². The molecule has 0 atom stereocenters. The Balaban J connectivity index is 3.61. The molecule has 0 aliphatic rings. The number of hydrogen-bond donors (Lipinski definition) is 1. The molecule has 0 bridgehead atoms. The van der Waals surface area contributed by atoms with E-state index in [1.54, 1.807) is 11.8 Å². The second kappa shape index (κ2) is 8.17. The van der Waals surface area contributed by atoms with Crippen molar-refractivity contribution in [1.82, 2.24) is 0 Å². The molecule has 0 aromatic carbocycles. The molecule has 0 aliphatic heterocycles. The third kappa shape index (κ3) is 6.70. The molecule has 76 valence electrons. The molecular weight excluding hydrogens is 184 g/mol. The van der Waals surface area contributed by atoms with Crippen LogP contribution in [0.15, 0.2) is 11.6 Å². The number of hydrogen-bond acceptors (Lipinski definition) is 2. The van der Waals surface area contributed by atoms with Crippen LogP contribution in [-0.4, -0.2) is 22.6 Å². The molecule has 0 saturated carbocycles. The van der Waals surface area contributed by atoms with Crippen LogP contribution in [0.4, 0.5) is 0 Å². The highest BCUT2D eigenvalue weighted by Gasteiger charge is 2.02. The molecule has 0 spiro atoms. The van der Waals surface area contributed by atoms with Gasteiger partial charge in [-0.1, -0.05) is 26.3 Å². The maximum atomic E-state index is 10.6. The summed E-state index contributed by atoms with van der Waals surface area (Å²) in [6.07, 6.45) is 4.86. The number of aliphatic carboxylic acids is 1. The fourth-order valence-corrected chi connectivity index (χ4v) is 1.85. The fourth-order valence-electron chi connectivity index (χ4n) is 0.872. The van der Waals surface area contributed by atoms with Crippen molar-refractivity contribution in [2.45, 2.75) is 33.1 Å². The van der Waals surface area contributed by atoms with Crippen LogP contribution in [0.3, 0.4) is 0 Å². The van der Waals surface area contributed by atoms with Crippen LogP contribution < -0.4 is 0 Å². The second-order valence-corrected chi connectivity index (χ2v) is 3.97. The lowest BCUT2D eigenvalue weighted by molar-refractivity contribution is -0.132. The molecule has 1 N–H and O–H groups in total. The zero-order valence-electron chi connectivity index (χ0n) is 8.38. The van der Waals surface area contributed by atoms with E-state index in [0.29, 0.717) is 12.0 Å². The van der Waals surface area contributed by atoms with Crippen molar-refractivity contribution in [3.05, 3.63) is 11.6 Å². The number of carboxylic acids is 1. The molecule has 3 heteroatoms. The van der Waals surface area contributed by atoms with Gasteiger partial charge in [0.15, 0.2) is 0 Å². The lowest BCUT2D eigenvalue weighted by Gasteiger charge is -1.98. The van der Waals surface area contributed by atoms with Gasteiger partial charge in [0.1, 0.15) is 0 Å². The summed E-state index contributed by atoms with van der Waals surface area (Å²) < 4.78 is 0. The van der Waals surface area contributed by atoms with Gasteiger partial charge < -0.3 is 5.11 Å². The minimum atomic E-state index is -0.779. The Morgan fingerprint density at radius 3 is 2.62 bits per heavy atom. The Morgan fingerprint density at radius 1 is 1.46 bits per heavy atom. The molecule has 0 aliphatic carbocycles. The van der Waals surface area contributed by atoms with E-state index in [9.17, 15) is 4.79 Å². The smallest absolute Gasteiger partial charge is 0.331 e. The largest absolute Gasteiger partial charge is 0.478 e. The van der Waals surface area contributed by atoms with Gasteiger partial charge in [0.2, 0.25) is 0 Å². The van der Waals surface area contributed by atoms with Crippen molar-refractivity contribution < 1.29 is 9.90 Å². The maximum Gasteiger partial charge on any atom is 0.331 e. The zero-order chi connectivity index (χ0) is 10.1. The monoisotopic (exact) mass is 202 g/mol. The van der Waals surface area contributed by atoms with Gasteiger partial charge in [-0.3, -0.25) is 0 Å². The minimum absolute atomic E-state index is 0.531. The first-order valence-electron chi connectivity index (χ1n) is 4.72. The predicted octanol–water partition coefficient (Wildman–Crippen LogP) is 2.94. The first-order valence-corrected chi connectivity index (χ1v) is 5.87. The summed E-state index contributed by atoms with van der Waals surface area (Å²) in [5, 5.41) is 8.70. The van der Waals surface area contributed by atoms with Crippen LogP contribution in [0.1, 0.15) is 33.1 Å². The lowest BCUT2D eigenvalue weighted by atomic mass is 10.2. The van der Waals surface area contributed by atoms with Gasteiger partial charge in [0, 0.05) is 11.3 Å². The van der Waals surface area contributed by atoms with Gasteiger partial charge in [-0.15, -0.1) is 0 Å². The second-order valence-electron chi connectivity index (χ2n) is 2.82. The van der Waals surface area contributed by atoms with E-state index in [4.69, 9.17) is 5.11 Å². The van der Waals surface area contributed by atoms with E-state index in [2.05, 4.69) is 6.92 Å². The van der Waals surface area contributed by atoms with E-state index in [0.717, 1.165) is 11.5 Å². The van der Waals surface area contributed by atoms with Crippen molar-refractivity contribution in [1.29, 1.82) is 0 Å². The summed E-state index contributed by atoms with van der Waals surface area (Å²) in [7, 11) is 0. The van der Waals surface area contributed by atoms with Crippen LogP contribution in [0.5, 0.6) is 0 Å². The number of thioether (sulfide) groups is 1. The molecule has 0 unspecified atom stereocenters. The topological polar surface area (TPSA) is 37.3 Å². The molecular formula is C10H18O2S. The quantitative estimate of drug-likeness (QED) is 0.509. The maximum absolute atomic E-state index is 10.6. The molecule has 0 heterocycles. The van der Waals surface area contributed by atoms with Crippen molar-refractivity contribution >= 4 is 17.7 Å². The fraction of sp³-hybridized carbons (Fsp3) is 0.700. The van der Waals surface area contributed by atoms with E-state index < -0.39 is 5.97 Å². The van der Waals surface area contributed by atoms with E-state index in [1.165, 1.54) is 12.8 Å². The van der Waals surface area contributed by atoms with Crippen molar-refractivity contribution in [2.75, 3.05) is 11.5 Å². The van der Waals surface area contributed by atoms with Crippen LogP contribution in [0.2, 0.25) is 0 Å². The molecule has 0 saturated heterocycles. The Kier molecular flexibility index (Phi) is 7.90. The normalized spacial score (nSPS) is 11.7. The highest BCUT2D eigenvalue weighted by Crippen LogP contribution is 2.08. The van der Waals surface area contributed by atoms with Crippen LogP contribution >= 0.6 is 11.8 Å². The number of unbranched alkanes of at least 4 members (excludes halogenated alkanes) is 1. The SMILES string of the molecule is CCCCSCC=C(CC)C(=O)O. The summed E-state index contributed by atoms with van der Waals surface area (Å²) >= 11 is 1.80. The highest BCUT2D eigenvalue weighted by molar-refractivity contribution is 7.99. The predicted molar refractivity (Wildman–Crippen MR) is 58.2 cm³/mol. The van der Waals surface area contributed by atoms with Crippen molar-refractivity contribution in [3.63, 3.8) is 0 Å². The third-order valence-corrected chi connectivity index (χ3v) is 2.73. The minimum Gasteiger partial charge on any atom is -0.478 e. The number of carboxylic acid groups (broad SMARTS) is 1. The number of carbonyl (C=O) groups is 1. The van der Waals surface area contributed by atoms with Crippen LogP contribution in [0, 0.1) is 0 Å². The third-order valence-electron chi connectivity index (χ3n) is 1.75. The van der Waals surface area contributed by atoms with E-state index in [1.807, 2.05) is 13.0 Å². The molecule has 0 aromatic heterocycles. The molecule has 0 rings (SSSR count). The average molecular weight is 202 g/mol. The van der Waals surface area contributed by atoms with Gasteiger partial charge in [-0.05, 0) is 18.6 Å². The standard InChI is InChI=1S/C10H18O2S/c1-3-5-7-13-8-6-9(4-2)10(11)12/h6H,3-5,7-8H2,1-2H3,(H,11,12). The zero-order valence-corrected chi connectivity index (χ0v) is 9.19. The Bertz CT molecular complexity index is 176. The lowest BCUT2D eigenvalue weighted by Crippen LogP contribution is -1.99. The van der Waals surface area contributed by atoms with Crippen molar-refractivity contribution in [2.24, 2.45) is 0 Å². The van der Waals surface area contributed by atoms with Gasteiger partial charge in [-0.2, -0.15) is 11.8 Å². The molecule has 0 radical (unpaired) electrons. The van der Waals surface area contributed by atoms with Gasteiger partial charge >= 0.3 is 5.97 Å². The van der Waals surface area contributed by atoms with Crippen molar-refractivity contribution in [3.8, 4) is 0 Å². The summed E-state index contributed by atoms with van der Waals surface area (Å²) in [5.74, 6) is 1.18.